The van der Waals surface area contributed by atoms with Gasteiger partial charge in [0, 0.05) is 37.1 Å². The molecule has 1 heterocycles. The van der Waals surface area contributed by atoms with E-state index in [1.807, 2.05) is 11.3 Å². The number of nitrogens with zero attached hydrogens (tertiary/aromatic N) is 1. The van der Waals surface area contributed by atoms with Gasteiger partial charge in [0.1, 0.15) is 0 Å². The first-order valence-corrected chi connectivity index (χ1v) is 22.8. The number of rotatable bonds is 6. The molecule has 0 N–H and O–H groups in total. The summed E-state index contributed by atoms with van der Waals surface area (Å²) in [4.78, 5) is 2.48. The molecule has 1 aromatic heterocycles. The Kier molecular flexibility index (Phi) is 8.47. The van der Waals surface area contributed by atoms with E-state index >= 15 is 0 Å². The van der Waals surface area contributed by atoms with E-state index in [4.69, 9.17) is 0 Å². The quantitative estimate of drug-likeness (QED) is 0.151. The zero-order valence-electron chi connectivity index (χ0n) is 34.9. The third-order valence-corrected chi connectivity index (χ3v) is 14.4. The van der Waals surface area contributed by atoms with E-state index in [0.29, 0.717) is 0 Å². The summed E-state index contributed by atoms with van der Waals surface area (Å²) in [5, 5.41) is 15.2. The second-order valence-electron chi connectivity index (χ2n) is 16.8. The lowest BCUT2D eigenvalue weighted by Crippen LogP contribution is -2.11. The number of benzene rings is 12. The predicted octanol–water partition coefficient (Wildman–Crippen LogP) is 18.3. The molecule has 0 unspecified atom stereocenters. The van der Waals surface area contributed by atoms with E-state index in [-0.39, 0.29) is 0 Å². The Bertz CT molecular complexity index is 3970. The fraction of sp³-hybridized carbons (Fsp3) is 0. The average Bonchev–Trinajstić information content (AvgIpc) is 3.75. The fourth-order valence-electron chi connectivity index (χ4n) is 10.1. The van der Waals surface area contributed by atoms with Gasteiger partial charge >= 0.3 is 0 Å². The minimum atomic E-state index is 1.11. The smallest absolute Gasteiger partial charge is 0.0540 e. The van der Waals surface area contributed by atoms with Crippen molar-refractivity contribution < 1.29 is 0 Å². The minimum absolute atomic E-state index is 1.11. The summed E-state index contributed by atoms with van der Waals surface area (Å²) < 4.78 is 2.61. The lowest BCUT2D eigenvalue weighted by Gasteiger charge is -2.29. The van der Waals surface area contributed by atoms with Crippen LogP contribution in [0, 0.1) is 0 Å². The molecule has 0 bridgehead atoms. The average molecular weight is 830 g/mol. The van der Waals surface area contributed by atoms with Crippen molar-refractivity contribution in [2.45, 2.75) is 0 Å². The van der Waals surface area contributed by atoms with E-state index in [1.165, 1.54) is 107 Å². The molecule has 0 fully saturated rings. The third kappa shape index (κ3) is 5.99. The summed E-state index contributed by atoms with van der Waals surface area (Å²) in [7, 11) is 0. The van der Waals surface area contributed by atoms with Gasteiger partial charge in [-0.3, -0.25) is 0 Å². The summed E-state index contributed by atoms with van der Waals surface area (Å²) in [5.41, 5.74) is 10.6. The number of fused-ring (bicyclic) bond motifs is 10. The van der Waals surface area contributed by atoms with Crippen molar-refractivity contribution in [3.05, 3.63) is 237 Å². The molecule has 0 atom stereocenters. The maximum absolute atomic E-state index is 2.48. The fourth-order valence-corrected chi connectivity index (χ4v) is 11.4. The molecule has 0 aliphatic rings. The highest BCUT2D eigenvalue weighted by molar-refractivity contribution is 7.26. The Labute approximate surface area is 375 Å². The second kappa shape index (κ2) is 14.8. The molecule has 0 saturated carbocycles. The first kappa shape index (κ1) is 36.6. The van der Waals surface area contributed by atoms with E-state index < -0.39 is 0 Å². The number of thiophene rings is 1. The van der Waals surface area contributed by atoms with Crippen LogP contribution in [0.5, 0.6) is 0 Å². The molecule has 64 heavy (non-hydrogen) atoms. The summed E-state index contributed by atoms with van der Waals surface area (Å²) in [5.74, 6) is 0. The minimum Gasteiger partial charge on any atom is -0.310 e. The molecule has 12 aromatic carbocycles. The highest BCUT2D eigenvalue weighted by Gasteiger charge is 2.21. The molecule has 13 rings (SSSR count). The predicted molar refractivity (Wildman–Crippen MR) is 278 cm³/mol. The summed E-state index contributed by atoms with van der Waals surface area (Å²) in [6.45, 7) is 0. The van der Waals surface area contributed by atoms with Crippen LogP contribution in [-0.4, -0.2) is 0 Å². The van der Waals surface area contributed by atoms with Crippen LogP contribution in [0.3, 0.4) is 0 Å². The van der Waals surface area contributed by atoms with Gasteiger partial charge in [0.15, 0.2) is 0 Å². The van der Waals surface area contributed by atoms with Gasteiger partial charge in [-0.1, -0.05) is 188 Å². The molecule has 298 valence electrons. The first-order chi connectivity index (χ1) is 31.7. The standard InChI is InChI=1S/C62H39NS/c1-2-14-41(15-3-1)58-37-45(44-26-25-40-13-4-5-17-43(40)35-44)28-34-60(58)63(49-30-33-56-57-31-27-42-16-6-9-21-52(42)62(57)64-61(56)39-49)48-29-32-51-46(36-48)19-12-24-54(51)59-38-47-18-7-8-20-50(47)53-22-10-11-23-55(53)59/h1-39H. The van der Waals surface area contributed by atoms with E-state index in [2.05, 4.69) is 241 Å². The highest BCUT2D eigenvalue weighted by Crippen LogP contribution is 2.47. The van der Waals surface area contributed by atoms with Crippen LogP contribution >= 0.6 is 11.3 Å². The molecule has 0 aliphatic heterocycles. The van der Waals surface area contributed by atoms with Crippen LogP contribution in [0.25, 0.3) is 107 Å². The van der Waals surface area contributed by atoms with Crippen molar-refractivity contribution in [1.82, 2.24) is 0 Å². The van der Waals surface area contributed by atoms with Crippen LogP contribution in [0.2, 0.25) is 0 Å². The normalized spacial score (nSPS) is 11.8. The zero-order valence-corrected chi connectivity index (χ0v) is 35.7. The Morgan fingerprint density at radius 2 is 0.875 bits per heavy atom. The monoisotopic (exact) mass is 829 g/mol. The molecule has 0 saturated heterocycles. The van der Waals surface area contributed by atoms with Gasteiger partial charge in [0.25, 0.3) is 0 Å². The van der Waals surface area contributed by atoms with Crippen molar-refractivity contribution in [3.63, 3.8) is 0 Å². The highest BCUT2D eigenvalue weighted by atomic mass is 32.1. The molecule has 0 amide bonds. The van der Waals surface area contributed by atoms with Gasteiger partial charge in [0.05, 0.1) is 5.69 Å². The summed E-state index contributed by atoms with van der Waals surface area (Å²) >= 11 is 1.89. The van der Waals surface area contributed by atoms with Gasteiger partial charge in [-0.2, -0.15) is 0 Å². The van der Waals surface area contributed by atoms with Crippen LogP contribution in [0.4, 0.5) is 17.1 Å². The lowest BCUT2D eigenvalue weighted by molar-refractivity contribution is 1.30. The first-order valence-electron chi connectivity index (χ1n) is 22.0. The van der Waals surface area contributed by atoms with Gasteiger partial charge in [-0.15, -0.1) is 11.3 Å². The molecule has 2 heteroatoms. The largest absolute Gasteiger partial charge is 0.310 e. The molecular formula is C62H39NS. The van der Waals surface area contributed by atoms with Crippen LogP contribution in [-0.2, 0) is 0 Å². The zero-order chi connectivity index (χ0) is 42.1. The van der Waals surface area contributed by atoms with Gasteiger partial charge in [-0.25, -0.2) is 0 Å². The van der Waals surface area contributed by atoms with Crippen molar-refractivity contribution in [3.8, 4) is 33.4 Å². The maximum atomic E-state index is 2.48. The molecule has 13 aromatic rings. The van der Waals surface area contributed by atoms with Gasteiger partial charge in [0.2, 0.25) is 0 Å². The summed E-state index contributed by atoms with van der Waals surface area (Å²) in [6, 6.07) is 87.5. The molecule has 0 spiro atoms. The molecule has 1 nitrogen and oxygen atoms in total. The molecule has 0 radical (unpaired) electrons. The number of hydrogen-bond acceptors (Lipinski definition) is 2. The third-order valence-electron chi connectivity index (χ3n) is 13.2. The Morgan fingerprint density at radius 1 is 0.266 bits per heavy atom. The topological polar surface area (TPSA) is 3.24 Å². The van der Waals surface area contributed by atoms with Crippen molar-refractivity contribution >= 4 is 102 Å². The SMILES string of the molecule is c1ccc(-c2cc(-c3ccc4ccccc4c3)ccc2N(c2ccc3c(-c4cc5ccccc5c5ccccc45)cccc3c2)c2ccc3c(c2)sc2c4ccccc4ccc32)cc1. The second-order valence-corrected chi connectivity index (χ2v) is 17.9. The Morgan fingerprint density at radius 3 is 1.73 bits per heavy atom. The van der Waals surface area contributed by atoms with Gasteiger partial charge < -0.3 is 4.90 Å². The molecule has 0 aliphatic carbocycles. The van der Waals surface area contributed by atoms with E-state index in [0.717, 1.165) is 17.1 Å². The van der Waals surface area contributed by atoms with E-state index in [1.54, 1.807) is 0 Å². The van der Waals surface area contributed by atoms with Crippen LogP contribution in [0.1, 0.15) is 0 Å². The maximum Gasteiger partial charge on any atom is 0.0540 e. The van der Waals surface area contributed by atoms with Crippen molar-refractivity contribution in [1.29, 1.82) is 0 Å². The summed E-state index contributed by atoms with van der Waals surface area (Å²) in [6.07, 6.45) is 0. The number of hydrogen-bond donors (Lipinski definition) is 0. The Hall–Kier alpha value is -8.04. The van der Waals surface area contributed by atoms with Crippen LogP contribution < -0.4 is 4.90 Å². The van der Waals surface area contributed by atoms with Crippen molar-refractivity contribution in [2.75, 3.05) is 4.90 Å². The Balaban J connectivity index is 1.04. The van der Waals surface area contributed by atoms with Crippen LogP contribution in [0.15, 0.2) is 237 Å². The van der Waals surface area contributed by atoms with Crippen molar-refractivity contribution in [2.24, 2.45) is 0 Å². The molecular weight excluding hydrogens is 791 g/mol. The lowest BCUT2D eigenvalue weighted by atomic mass is 9.90. The van der Waals surface area contributed by atoms with Gasteiger partial charge in [-0.05, 0) is 130 Å². The van der Waals surface area contributed by atoms with E-state index in [9.17, 15) is 0 Å². The number of anilines is 3.